The van der Waals surface area contributed by atoms with Crippen LogP contribution in [0.4, 0.5) is 11.5 Å². The lowest BCUT2D eigenvalue weighted by atomic mass is 10.0. The molecule has 0 saturated carbocycles. The number of nitrogens with zero attached hydrogens (tertiary/aromatic N) is 2. The first-order chi connectivity index (χ1) is 8.65. The van der Waals surface area contributed by atoms with Crippen LogP contribution in [0, 0.1) is 6.92 Å². The van der Waals surface area contributed by atoms with E-state index in [-0.39, 0.29) is 0 Å². The number of anilines is 2. The number of aromatic nitrogens is 1. The predicted octanol–water partition coefficient (Wildman–Crippen LogP) is 3.46. The average molecular weight is 245 g/mol. The van der Waals surface area contributed by atoms with Crippen molar-refractivity contribution in [2.45, 2.75) is 33.1 Å². The van der Waals surface area contributed by atoms with Crippen molar-refractivity contribution in [3.05, 3.63) is 23.9 Å². The number of nitrogens with one attached hydrogen (secondary N) is 1. The molecular formula is C15H23N3. The summed E-state index contributed by atoms with van der Waals surface area (Å²) in [5, 5.41) is 3.19. The number of allylic oxidation sites excluding steroid dienone is 1. The second-order valence-electron chi connectivity index (χ2n) is 5.09. The van der Waals surface area contributed by atoms with E-state index in [1.807, 2.05) is 13.2 Å². The Bertz CT molecular complexity index is 445. The van der Waals surface area contributed by atoms with Crippen LogP contribution in [0.15, 0.2) is 12.8 Å². The van der Waals surface area contributed by atoms with Crippen LogP contribution >= 0.6 is 0 Å². The summed E-state index contributed by atoms with van der Waals surface area (Å²) in [5.41, 5.74) is 4.82. The van der Waals surface area contributed by atoms with E-state index in [9.17, 15) is 0 Å². The molecule has 0 aliphatic carbocycles. The maximum atomic E-state index is 4.47. The average Bonchev–Trinajstić information content (AvgIpc) is 2.39. The molecule has 1 N–H and O–H groups in total. The zero-order valence-corrected chi connectivity index (χ0v) is 11.7. The first kappa shape index (κ1) is 12.9. The second kappa shape index (κ2) is 5.42. The molecule has 2 rings (SSSR count). The van der Waals surface area contributed by atoms with Gasteiger partial charge < -0.3 is 10.2 Å². The fourth-order valence-electron chi connectivity index (χ4n) is 2.72. The van der Waals surface area contributed by atoms with Gasteiger partial charge >= 0.3 is 0 Å². The van der Waals surface area contributed by atoms with Crippen molar-refractivity contribution in [1.29, 1.82) is 0 Å². The normalized spacial score (nSPS) is 15.6. The Morgan fingerprint density at radius 3 is 2.56 bits per heavy atom. The molecule has 0 aromatic carbocycles. The van der Waals surface area contributed by atoms with Crippen LogP contribution < -0.4 is 10.2 Å². The van der Waals surface area contributed by atoms with Crippen LogP contribution in [-0.4, -0.2) is 25.1 Å². The number of pyridine rings is 1. The fraction of sp³-hybridized carbons (Fsp3) is 0.533. The highest BCUT2D eigenvalue weighted by Crippen LogP contribution is 2.35. The van der Waals surface area contributed by atoms with Gasteiger partial charge in [-0.15, -0.1) is 0 Å². The number of hydrogen-bond acceptors (Lipinski definition) is 3. The Morgan fingerprint density at radius 2 is 2.00 bits per heavy atom. The molecule has 1 aromatic rings. The van der Waals surface area contributed by atoms with Gasteiger partial charge in [0.15, 0.2) is 0 Å². The molecule has 0 radical (unpaired) electrons. The SMILES string of the molecule is C=C(C)c1c(NC)ncc(C)c1N1CCCCC1. The van der Waals surface area contributed by atoms with Crippen LogP contribution in [0.1, 0.15) is 37.3 Å². The molecule has 1 aliphatic heterocycles. The lowest BCUT2D eigenvalue weighted by Gasteiger charge is -2.32. The Balaban J connectivity index is 2.51. The standard InChI is InChI=1S/C15H23N3/c1-11(2)13-14(18-8-6-5-7-9-18)12(3)10-17-15(13)16-4/h10H,1,5-9H2,2-4H3,(H,16,17). The van der Waals surface area contributed by atoms with Gasteiger partial charge in [-0.05, 0) is 44.2 Å². The van der Waals surface area contributed by atoms with E-state index in [2.05, 4.69) is 35.6 Å². The Hall–Kier alpha value is -1.51. The van der Waals surface area contributed by atoms with Gasteiger partial charge in [-0.3, -0.25) is 0 Å². The minimum absolute atomic E-state index is 0.939. The molecule has 0 unspecified atom stereocenters. The Morgan fingerprint density at radius 1 is 1.33 bits per heavy atom. The van der Waals surface area contributed by atoms with Crippen molar-refractivity contribution in [3.63, 3.8) is 0 Å². The van der Waals surface area contributed by atoms with Gasteiger partial charge in [0.25, 0.3) is 0 Å². The third-order valence-electron chi connectivity index (χ3n) is 3.57. The van der Waals surface area contributed by atoms with E-state index >= 15 is 0 Å². The molecule has 1 saturated heterocycles. The van der Waals surface area contributed by atoms with Gasteiger partial charge in [-0.25, -0.2) is 4.98 Å². The number of piperidine rings is 1. The van der Waals surface area contributed by atoms with Crippen LogP contribution in [-0.2, 0) is 0 Å². The van der Waals surface area contributed by atoms with Gasteiger partial charge in [0.1, 0.15) is 5.82 Å². The summed E-state index contributed by atoms with van der Waals surface area (Å²) in [6, 6.07) is 0. The Kier molecular flexibility index (Phi) is 3.90. The molecule has 18 heavy (non-hydrogen) atoms. The summed E-state index contributed by atoms with van der Waals surface area (Å²) in [6.45, 7) is 10.6. The van der Waals surface area contributed by atoms with E-state index in [0.29, 0.717) is 0 Å². The van der Waals surface area contributed by atoms with Gasteiger partial charge in [0.2, 0.25) is 0 Å². The number of aryl methyl sites for hydroxylation is 1. The molecule has 3 heteroatoms. The van der Waals surface area contributed by atoms with E-state index < -0.39 is 0 Å². The summed E-state index contributed by atoms with van der Waals surface area (Å²) in [6.07, 6.45) is 5.88. The summed E-state index contributed by atoms with van der Waals surface area (Å²) in [7, 11) is 1.92. The van der Waals surface area contributed by atoms with Crippen LogP contribution in [0.2, 0.25) is 0 Å². The maximum Gasteiger partial charge on any atom is 0.135 e. The van der Waals surface area contributed by atoms with Crippen LogP contribution in [0.3, 0.4) is 0 Å². The van der Waals surface area contributed by atoms with Gasteiger partial charge in [-0.2, -0.15) is 0 Å². The van der Waals surface area contributed by atoms with Crippen molar-refractivity contribution in [3.8, 4) is 0 Å². The van der Waals surface area contributed by atoms with Crippen molar-refractivity contribution >= 4 is 17.1 Å². The van der Waals surface area contributed by atoms with Crippen LogP contribution in [0.5, 0.6) is 0 Å². The van der Waals surface area contributed by atoms with Crippen molar-refractivity contribution in [2.75, 3.05) is 30.4 Å². The van der Waals surface area contributed by atoms with Crippen molar-refractivity contribution in [2.24, 2.45) is 0 Å². The lowest BCUT2D eigenvalue weighted by molar-refractivity contribution is 0.576. The summed E-state index contributed by atoms with van der Waals surface area (Å²) < 4.78 is 0. The smallest absolute Gasteiger partial charge is 0.135 e. The quantitative estimate of drug-likeness (QED) is 0.884. The molecule has 1 aromatic heterocycles. The first-order valence-corrected chi connectivity index (χ1v) is 6.73. The van der Waals surface area contributed by atoms with Gasteiger partial charge in [-0.1, -0.05) is 6.58 Å². The fourth-order valence-corrected chi connectivity index (χ4v) is 2.72. The minimum atomic E-state index is 0.939. The first-order valence-electron chi connectivity index (χ1n) is 6.73. The molecule has 0 bridgehead atoms. The predicted molar refractivity (Wildman–Crippen MR) is 79.3 cm³/mol. The lowest BCUT2D eigenvalue weighted by Crippen LogP contribution is -2.31. The molecule has 2 heterocycles. The number of rotatable bonds is 3. The number of hydrogen-bond donors (Lipinski definition) is 1. The summed E-state index contributed by atoms with van der Waals surface area (Å²) >= 11 is 0. The highest BCUT2D eigenvalue weighted by atomic mass is 15.1. The zero-order chi connectivity index (χ0) is 13.1. The minimum Gasteiger partial charge on any atom is -0.373 e. The zero-order valence-electron chi connectivity index (χ0n) is 11.7. The molecule has 3 nitrogen and oxygen atoms in total. The van der Waals surface area contributed by atoms with Gasteiger partial charge in [0, 0.05) is 31.9 Å². The highest BCUT2D eigenvalue weighted by molar-refractivity contribution is 5.84. The molecule has 98 valence electrons. The third-order valence-corrected chi connectivity index (χ3v) is 3.57. The molecule has 0 atom stereocenters. The summed E-state index contributed by atoms with van der Waals surface area (Å²) in [4.78, 5) is 6.97. The van der Waals surface area contributed by atoms with Crippen molar-refractivity contribution < 1.29 is 0 Å². The third kappa shape index (κ3) is 2.35. The maximum absolute atomic E-state index is 4.47. The monoisotopic (exact) mass is 245 g/mol. The van der Waals surface area contributed by atoms with Gasteiger partial charge in [0.05, 0.1) is 5.69 Å². The molecule has 1 aliphatic rings. The molecular weight excluding hydrogens is 222 g/mol. The largest absolute Gasteiger partial charge is 0.373 e. The Labute approximate surface area is 110 Å². The second-order valence-corrected chi connectivity index (χ2v) is 5.09. The van der Waals surface area contributed by atoms with E-state index in [1.54, 1.807) is 0 Å². The molecule has 0 amide bonds. The van der Waals surface area contributed by atoms with E-state index in [0.717, 1.165) is 24.5 Å². The van der Waals surface area contributed by atoms with E-state index in [4.69, 9.17) is 0 Å². The summed E-state index contributed by atoms with van der Waals surface area (Å²) in [5.74, 6) is 0.939. The molecule has 0 spiro atoms. The van der Waals surface area contributed by atoms with Crippen LogP contribution in [0.25, 0.3) is 5.57 Å². The van der Waals surface area contributed by atoms with Crippen molar-refractivity contribution in [1.82, 2.24) is 4.98 Å². The topological polar surface area (TPSA) is 28.2 Å². The highest BCUT2D eigenvalue weighted by Gasteiger charge is 2.20. The van der Waals surface area contributed by atoms with E-state index in [1.165, 1.54) is 36.1 Å². The molecule has 1 fully saturated rings.